The van der Waals surface area contributed by atoms with Crippen LogP contribution < -0.4 is 42.9 Å². The van der Waals surface area contributed by atoms with Crippen LogP contribution in [0.25, 0.3) is 45.0 Å². The maximum Gasteiger partial charge on any atom is 0.422 e. The van der Waals surface area contributed by atoms with Crippen molar-refractivity contribution in [2.45, 2.75) is 16.0 Å². The first-order valence-corrected chi connectivity index (χ1v) is 31.1. The fourth-order valence-corrected chi connectivity index (χ4v) is 10.2. The van der Waals surface area contributed by atoms with E-state index in [0.29, 0.717) is 0 Å². The van der Waals surface area contributed by atoms with Crippen molar-refractivity contribution < 1.29 is 112 Å². The number of ether oxygens (including phenoxy) is 4. The molecule has 0 saturated heterocycles. The quantitative estimate of drug-likeness (QED) is 0.0199. The Morgan fingerprint density at radius 1 is 0.461 bits per heavy atom. The van der Waals surface area contributed by atoms with Crippen LogP contribution in [0.3, 0.4) is 0 Å². The van der Waals surface area contributed by atoms with Gasteiger partial charge in [0.25, 0.3) is 0 Å². The molecule has 0 aliphatic heterocycles. The number of halogens is 16. The summed E-state index contributed by atoms with van der Waals surface area (Å²) in [4.78, 5) is 74.3. The lowest BCUT2D eigenvalue weighted by Gasteiger charge is -2.14. The van der Waals surface area contributed by atoms with Crippen LogP contribution in [0.5, 0.6) is 17.2 Å². The van der Waals surface area contributed by atoms with E-state index >= 15 is 0 Å². The number of aromatic nitrogens is 5. The third-order valence-electron chi connectivity index (χ3n) is 12.6. The summed E-state index contributed by atoms with van der Waals surface area (Å²) < 4.78 is 166. The SMILES string of the molecule is COC(=O)c1nc(-c2ccc(Cl)cc2F)c(F)c(N)c1OC.COc1c(C(=O)O)nc(-c2ccc(Cl)cc2F)c(F)c1N.CSc1c(C(=O)O)nc(-c2ccc(Cl)c(F)c2)c(F)c1N.CSc1c(C(=O)O)nc(Cl)c(F)c1N.Nc1cc(-c2ccc(Cl)cc2F)nc(C(=O)O)c1OCC(F)(F)F. The van der Waals surface area contributed by atoms with E-state index in [0.717, 1.165) is 68.1 Å². The second-order valence-corrected chi connectivity index (χ2v) is 22.8. The minimum atomic E-state index is -4.69. The Balaban J connectivity index is 0.000000231. The van der Waals surface area contributed by atoms with E-state index in [4.69, 9.17) is 117 Å². The number of anilines is 5. The molecule has 0 bridgehead atoms. The van der Waals surface area contributed by atoms with E-state index in [1.165, 1.54) is 55.6 Å². The van der Waals surface area contributed by atoms with Crippen LogP contribution in [0, 0.1) is 46.5 Å². The van der Waals surface area contributed by atoms with Crippen molar-refractivity contribution in [1.29, 1.82) is 0 Å². The third kappa shape index (κ3) is 19.6. The zero-order valence-electron chi connectivity index (χ0n) is 51.7. The first kappa shape index (κ1) is 82.4. The molecule has 4 aromatic carbocycles. The fourth-order valence-electron chi connectivity index (χ4n) is 8.13. The molecule has 0 atom stereocenters. The molecule has 102 heavy (non-hydrogen) atoms. The first-order chi connectivity index (χ1) is 47.7. The van der Waals surface area contributed by atoms with Crippen LogP contribution in [0.2, 0.25) is 25.2 Å². The molecule has 0 saturated carbocycles. The van der Waals surface area contributed by atoms with Gasteiger partial charge in [0.1, 0.15) is 51.7 Å². The number of methoxy groups -OCH3 is 3. The number of alkyl halides is 3. The van der Waals surface area contributed by atoms with Gasteiger partial charge in [-0.25, -0.2) is 84.0 Å². The van der Waals surface area contributed by atoms with Gasteiger partial charge in [-0.3, -0.25) is 0 Å². The zero-order valence-corrected chi connectivity index (χ0v) is 57.1. The van der Waals surface area contributed by atoms with Crippen LogP contribution >= 0.6 is 81.5 Å². The van der Waals surface area contributed by atoms with Crippen molar-refractivity contribution in [3.05, 3.63) is 179 Å². The minimum absolute atomic E-state index is 0.0261. The van der Waals surface area contributed by atoms with Crippen LogP contribution in [-0.2, 0) is 4.74 Å². The highest BCUT2D eigenvalue weighted by molar-refractivity contribution is 7.99. The van der Waals surface area contributed by atoms with Gasteiger partial charge in [0.15, 0.2) is 80.7 Å². The summed E-state index contributed by atoms with van der Waals surface area (Å²) in [5, 5.41) is 35.7. The Hall–Kier alpha value is -10.2. The predicted octanol–water partition coefficient (Wildman–Crippen LogP) is 15.3. The Labute approximate surface area is 599 Å². The molecular weight excluding hydrogens is 1530 g/mol. The number of hydrogen-bond acceptors (Lipinski definition) is 21. The molecule has 5 heterocycles. The second-order valence-electron chi connectivity index (χ2n) is 19.1. The van der Waals surface area contributed by atoms with Crippen LogP contribution in [0.4, 0.5) is 76.7 Å². The molecule has 0 fully saturated rings. The van der Waals surface area contributed by atoms with Gasteiger partial charge in [0.2, 0.25) is 0 Å². The monoisotopic (exact) mass is 1570 g/mol. The minimum Gasteiger partial charge on any atom is -0.492 e. The second kappa shape index (κ2) is 35.4. The molecule has 41 heteroatoms. The Morgan fingerprint density at radius 2 is 0.853 bits per heavy atom. The van der Waals surface area contributed by atoms with Crippen LogP contribution in [-0.4, -0.2) is 122 Å². The standard InChI is InChI=1S/C14H9ClF4N2O3.C14H11ClF2N2O3.C13H9ClF2N2O3.C13H9ClF2N2O2S.C7H6ClFN2O2S/c15-6-1-2-7(8(16)3-6)10-4-9(20)12(11(21-10)13(22)23)24-5-14(17,18)19;1-21-13-10(18)9(17)11(19-12(13)14(20)22-2)7-4-3-6(15)5-8(7)16;1-21-12-9(17)8(16)10(18-11(12)13(19)20)6-3-2-5(14)4-7(6)15;1-21-12-9(17)8(16)10(18-11(12)13(19)20)5-2-3-6(14)7(15)4-5;1-14-5-3(10)2(9)6(8)11-4(5)7(12)13/h1-4H,5H2,(H2,20,21)(H,22,23);3-5H,1-2H3,(H2,18,19);2*2-4H,1H3,(H2,17,18)(H,19,20);1H3,(H2,10,11)(H,12,13). The number of nitrogens with two attached hydrogens (primary N) is 5. The van der Waals surface area contributed by atoms with Gasteiger partial charge in [-0.05, 0) is 85.3 Å². The van der Waals surface area contributed by atoms with Crippen molar-refractivity contribution in [3.8, 4) is 62.3 Å². The largest absolute Gasteiger partial charge is 0.492 e. The number of carboxylic acid groups (broad SMARTS) is 4. The number of nitrogen functional groups attached to an aromatic ring is 5. The van der Waals surface area contributed by atoms with Gasteiger partial charge in [0.05, 0.1) is 58.9 Å². The van der Waals surface area contributed by atoms with E-state index in [2.05, 4.69) is 34.4 Å². The molecule has 14 N–H and O–H groups in total. The summed E-state index contributed by atoms with van der Waals surface area (Å²) in [5.41, 5.74) is 21.0. The lowest BCUT2D eigenvalue weighted by molar-refractivity contribution is -0.153. The average molecular weight is 1580 g/mol. The number of thioether (sulfide) groups is 2. The van der Waals surface area contributed by atoms with Gasteiger partial charge in [0, 0.05) is 37.3 Å². The molecule has 23 nitrogen and oxygen atoms in total. The van der Waals surface area contributed by atoms with Gasteiger partial charge in [-0.15, -0.1) is 23.5 Å². The highest BCUT2D eigenvalue weighted by Crippen LogP contribution is 2.40. The molecule has 540 valence electrons. The number of pyridine rings is 5. The fraction of sp³-hybridized carbons (Fsp3) is 0.115. The van der Waals surface area contributed by atoms with Gasteiger partial charge in [-0.1, -0.05) is 64.1 Å². The van der Waals surface area contributed by atoms with E-state index < -0.39 is 146 Å². The molecule has 0 amide bonds. The van der Waals surface area contributed by atoms with E-state index in [9.17, 15) is 72.3 Å². The number of esters is 1. The van der Waals surface area contributed by atoms with E-state index in [1.54, 1.807) is 12.5 Å². The molecule has 0 aliphatic rings. The summed E-state index contributed by atoms with van der Waals surface area (Å²) in [7, 11) is 3.44. The predicted molar refractivity (Wildman–Crippen MR) is 357 cm³/mol. The zero-order chi connectivity index (χ0) is 76.8. The number of rotatable bonds is 15. The average Bonchev–Trinajstić information content (AvgIpc) is 0.799. The number of hydrogen-bond donors (Lipinski definition) is 9. The Morgan fingerprint density at radius 3 is 1.25 bits per heavy atom. The maximum atomic E-state index is 14.3. The van der Waals surface area contributed by atoms with Crippen molar-refractivity contribution in [2.24, 2.45) is 0 Å². The number of carboxylic acids is 4. The highest BCUT2D eigenvalue weighted by Gasteiger charge is 2.32. The third-order valence-corrected chi connectivity index (χ3v) is 15.5. The van der Waals surface area contributed by atoms with E-state index in [-0.39, 0.29) is 97.7 Å². The highest BCUT2D eigenvalue weighted by atomic mass is 35.5. The molecule has 9 aromatic rings. The molecule has 5 aromatic heterocycles. The lowest BCUT2D eigenvalue weighted by Crippen LogP contribution is -2.21. The smallest absolute Gasteiger partial charge is 0.422 e. The van der Waals surface area contributed by atoms with E-state index in [1.807, 2.05) is 0 Å². The van der Waals surface area contributed by atoms with Crippen molar-refractivity contribution in [2.75, 3.05) is 69.1 Å². The number of aromatic carboxylic acids is 4. The molecule has 9 rings (SSSR count). The molecule has 0 radical (unpaired) electrons. The van der Waals surface area contributed by atoms with Crippen LogP contribution in [0.15, 0.2) is 88.7 Å². The number of carbonyl (C=O) groups excluding carboxylic acids is 1. The number of benzene rings is 4. The first-order valence-electron chi connectivity index (χ1n) is 26.8. The molecular formula is C61H44Cl5F11N10O13S2. The lowest BCUT2D eigenvalue weighted by atomic mass is 10.1. The maximum absolute atomic E-state index is 14.3. The van der Waals surface area contributed by atoms with Gasteiger partial charge >= 0.3 is 36.0 Å². The number of nitrogens with zero attached hydrogens (tertiary/aromatic N) is 5. The number of carbonyl (C=O) groups is 5. The van der Waals surface area contributed by atoms with Gasteiger partial charge < -0.3 is 68.0 Å². The Kier molecular flexibility index (Phi) is 28.6. The Bertz CT molecular complexity index is 4780. The van der Waals surface area contributed by atoms with Crippen molar-refractivity contribution in [3.63, 3.8) is 0 Å². The molecule has 0 unspecified atom stereocenters. The normalized spacial score (nSPS) is 10.7. The molecule has 0 spiro atoms. The molecule has 0 aliphatic carbocycles. The van der Waals surface area contributed by atoms with Crippen molar-refractivity contribution in [1.82, 2.24) is 24.9 Å². The summed E-state index contributed by atoms with van der Waals surface area (Å²) in [6.07, 6.45) is -1.56. The summed E-state index contributed by atoms with van der Waals surface area (Å²) in [6, 6.07) is 15.2. The van der Waals surface area contributed by atoms with Crippen molar-refractivity contribution >= 4 is 140 Å². The van der Waals surface area contributed by atoms with Gasteiger partial charge in [-0.2, -0.15) is 13.2 Å². The topological polar surface area (TPSA) is 398 Å². The summed E-state index contributed by atoms with van der Waals surface area (Å²) in [6.45, 7) is -1.74. The van der Waals surface area contributed by atoms with Crippen LogP contribution in [0.1, 0.15) is 52.4 Å². The summed E-state index contributed by atoms with van der Waals surface area (Å²) >= 11 is 29.8. The summed E-state index contributed by atoms with van der Waals surface area (Å²) in [5.74, 6) is -15.2.